The molecule has 98 valence electrons. The number of aromatic nitrogens is 2. The van der Waals surface area contributed by atoms with Crippen molar-refractivity contribution >= 4 is 22.3 Å². The van der Waals surface area contributed by atoms with Gasteiger partial charge in [-0.3, -0.25) is 4.40 Å². The summed E-state index contributed by atoms with van der Waals surface area (Å²) in [6.45, 7) is 1.76. The van der Waals surface area contributed by atoms with E-state index in [1.807, 2.05) is 18.3 Å². The monoisotopic (exact) mass is 283 g/mol. The molecule has 0 aliphatic rings. The summed E-state index contributed by atoms with van der Waals surface area (Å²) in [7, 11) is 0. The molecule has 1 aromatic carbocycles. The van der Waals surface area contributed by atoms with Crippen LogP contribution in [0.4, 0.5) is 0 Å². The molecule has 1 N–H and O–H groups in total. The Morgan fingerprint density at radius 2 is 2.10 bits per heavy atom. The van der Waals surface area contributed by atoms with Gasteiger partial charge in [-0.2, -0.15) is 5.26 Å². The molecule has 3 rings (SSSR count). The summed E-state index contributed by atoms with van der Waals surface area (Å²) in [6.07, 6.45) is 1.81. The van der Waals surface area contributed by atoms with Crippen molar-refractivity contribution in [2.24, 2.45) is 0 Å². The Hall–Kier alpha value is -2.65. The number of rotatable bonds is 2. The third-order valence-electron chi connectivity index (χ3n) is 3.06. The number of benzene rings is 1. The van der Waals surface area contributed by atoms with Crippen molar-refractivity contribution in [2.45, 2.75) is 6.92 Å². The van der Waals surface area contributed by atoms with Crippen molar-refractivity contribution in [1.29, 1.82) is 5.26 Å². The van der Waals surface area contributed by atoms with Crippen LogP contribution < -0.4 is 0 Å². The van der Waals surface area contributed by atoms with Crippen molar-refractivity contribution in [3.8, 4) is 17.3 Å². The molecule has 0 saturated heterocycles. The first-order valence-corrected chi connectivity index (χ1v) is 6.64. The average molecular weight is 283 g/mol. The highest BCUT2D eigenvalue weighted by molar-refractivity contribution is 7.19. The number of thiazole rings is 1. The number of nitrogens with zero attached hydrogens (tertiary/aromatic N) is 3. The first-order valence-electron chi connectivity index (χ1n) is 5.82. The second-order valence-electron chi connectivity index (χ2n) is 4.29. The van der Waals surface area contributed by atoms with E-state index in [-0.39, 0.29) is 0 Å². The fourth-order valence-electron chi connectivity index (χ4n) is 2.00. The minimum absolute atomic E-state index is 0.305. The Labute approximate surface area is 118 Å². The van der Waals surface area contributed by atoms with Crippen LogP contribution in [0.25, 0.3) is 16.2 Å². The van der Waals surface area contributed by atoms with E-state index in [9.17, 15) is 4.79 Å². The highest BCUT2D eigenvalue weighted by atomic mass is 32.1. The van der Waals surface area contributed by atoms with E-state index in [4.69, 9.17) is 10.4 Å². The number of carboxylic acids is 1. The standard InChI is InChI=1S/C14H9N3O2S/c1-8-12(13(18)19)20-14-16-11(7-17(8)14)10-4-2-9(6-15)3-5-10/h2-5,7H,1H3,(H,18,19). The molecule has 2 heterocycles. The molecule has 5 nitrogen and oxygen atoms in total. The highest BCUT2D eigenvalue weighted by Crippen LogP contribution is 2.27. The molecule has 20 heavy (non-hydrogen) atoms. The van der Waals surface area contributed by atoms with Crippen molar-refractivity contribution in [3.05, 3.63) is 46.6 Å². The lowest BCUT2D eigenvalue weighted by atomic mass is 10.1. The van der Waals surface area contributed by atoms with Crippen molar-refractivity contribution < 1.29 is 9.90 Å². The normalized spacial score (nSPS) is 10.6. The number of fused-ring (bicyclic) bond motifs is 1. The maximum atomic E-state index is 11.1. The largest absolute Gasteiger partial charge is 0.477 e. The Morgan fingerprint density at radius 1 is 1.40 bits per heavy atom. The first kappa shape index (κ1) is 12.4. The number of carbonyl (C=O) groups is 1. The summed E-state index contributed by atoms with van der Waals surface area (Å²) in [5.41, 5.74) is 2.93. The van der Waals surface area contributed by atoms with Crippen LogP contribution in [0.5, 0.6) is 0 Å². The molecule has 6 heteroatoms. The molecule has 0 atom stereocenters. The van der Waals surface area contributed by atoms with E-state index in [0.29, 0.717) is 21.1 Å². The van der Waals surface area contributed by atoms with Gasteiger partial charge in [0.05, 0.1) is 17.3 Å². The first-order chi connectivity index (χ1) is 9.60. The molecule has 0 amide bonds. The minimum Gasteiger partial charge on any atom is -0.477 e. The van der Waals surface area contributed by atoms with Gasteiger partial charge in [-0.25, -0.2) is 9.78 Å². The zero-order valence-electron chi connectivity index (χ0n) is 10.5. The lowest BCUT2D eigenvalue weighted by Gasteiger charge is -1.96. The van der Waals surface area contributed by atoms with E-state index in [1.54, 1.807) is 23.5 Å². The van der Waals surface area contributed by atoms with Crippen molar-refractivity contribution in [2.75, 3.05) is 0 Å². The molecular weight excluding hydrogens is 274 g/mol. The van der Waals surface area contributed by atoms with Gasteiger partial charge in [0.2, 0.25) is 0 Å². The molecule has 0 bridgehead atoms. The molecule has 0 aliphatic carbocycles. The summed E-state index contributed by atoms with van der Waals surface area (Å²) in [4.78, 5) is 16.4. The van der Waals surface area contributed by atoms with Crippen LogP contribution in [0.15, 0.2) is 30.5 Å². The zero-order chi connectivity index (χ0) is 14.3. The van der Waals surface area contributed by atoms with Gasteiger partial charge >= 0.3 is 5.97 Å². The maximum absolute atomic E-state index is 11.1. The molecule has 0 spiro atoms. The number of nitriles is 1. The molecular formula is C14H9N3O2S. The van der Waals surface area contributed by atoms with E-state index in [2.05, 4.69) is 11.1 Å². The Morgan fingerprint density at radius 3 is 2.65 bits per heavy atom. The smallest absolute Gasteiger partial charge is 0.347 e. The minimum atomic E-state index is -0.932. The van der Waals surface area contributed by atoms with Crippen LogP contribution in [0.1, 0.15) is 20.9 Å². The fraction of sp³-hybridized carbons (Fsp3) is 0.0714. The van der Waals surface area contributed by atoms with Gasteiger partial charge in [-0.05, 0) is 19.1 Å². The lowest BCUT2D eigenvalue weighted by Crippen LogP contribution is -1.96. The summed E-state index contributed by atoms with van der Waals surface area (Å²) in [6, 6.07) is 9.20. The Kier molecular flexibility index (Phi) is 2.77. The number of aromatic carboxylic acids is 1. The molecule has 0 fully saturated rings. The van der Waals surface area contributed by atoms with Gasteiger partial charge in [-0.15, -0.1) is 0 Å². The highest BCUT2D eigenvalue weighted by Gasteiger charge is 2.16. The summed E-state index contributed by atoms with van der Waals surface area (Å²) in [5, 5.41) is 17.8. The van der Waals surface area contributed by atoms with Crippen LogP contribution in [-0.2, 0) is 0 Å². The van der Waals surface area contributed by atoms with E-state index in [1.165, 1.54) is 0 Å². The quantitative estimate of drug-likeness (QED) is 0.784. The SMILES string of the molecule is Cc1c(C(=O)O)sc2nc(-c3ccc(C#N)cc3)cn12. The topological polar surface area (TPSA) is 78.4 Å². The fourth-order valence-corrected chi connectivity index (χ4v) is 2.95. The van der Waals surface area contributed by atoms with Gasteiger partial charge in [-0.1, -0.05) is 23.5 Å². The summed E-state index contributed by atoms with van der Waals surface area (Å²) in [5.74, 6) is -0.932. The molecule has 0 saturated carbocycles. The molecule has 3 aromatic rings. The maximum Gasteiger partial charge on any atom is 0.347 e. The van der Waals surface area contributed by atoms with Crippen LogP contribution in [-0.4, -0.2) is 20.5 Å². The van der Waals surface area contributed by atoms with Crippen LogP contribution in [0.2, 0.25) is 0 Å². The van der Waals surface area contributed by atoms with Crippen LogP contribution in [0.3, 0.4) is 0 Å². The zero-order valence-corrected chi connectivity index (χ0v) is 11.3. The van der Waals surface area contributed by atoms with Crippen molar-refractivity contribution in [1.82, 2.24) is 9.38 Å². The molecule has 2 aromatic heterocycles. The second-order valence-corrected chi connectivity index (χ2v) is 5.27. The third kappa shape index (κ3) is 1.85. The van der Waals surface area contributed by atoms with E-state index >= 15 is 0 Å². The molecule has 0 radical (unpaired) electrons. The lowest BCUT2D eigenvalue weighted by molar-refractivity contribution is 0.0701. The summed E-state index contributed by atoms with van der Waals surface area (Å²) < 4.78 is 1.78. The average Bonchev–Trinajstić information content (AvgIpc) is 2.99. The number of imidazole rings is 1. The van der Waals surface area contributed by atoms with Crippen LogP contribution in [0, 0.1) is 18.3 Å². The second kappa shape index (κ2) is 4.47. The van der Waals surface area contributed by atoms with E-state index < -0.39 is 5.97 Å². The van der Waals surface area contributed by atoms with Crippen molar-refractivity contribution in [3.63, 3.8) is 0 Å². The van der Waals surface area contributed by atoms with Gasteiger partial charge in [0.25, 0.3) is 0 Å². The van der Waals surface area contributed by atoms with Gasteiger partial charge in [0.15, 0.2) is 4.96 Å². The van der Waals surface area contributed by atoms with Crippen LogP contribution >= 0.6 is 11.3 Å². The Balaban J connectivity index is 2.09. The number of hydrogen-bond donors (Lipinski definition) is 1. The van der Waals surface area contributed by atoms with Gasteiger partial charge in [0.1, 0.15) is 4.88 Å². The Bertz CT molecular complexity index is 853. The predicted octanol–water partition coefficient (Wildman–Crippen LogP) is 2.94. The molecule has 0 aliphatic heterocycles. The number of aryl methyl sites for hydroxylation is 1. The molecule has 0 unspecified atom stereocenters. The summed E-state index contributed by atoms with van der Waals surface area (Å²) >= 11 is 1.16. The van der Waals surface area contributed by atoms with Gasteiger partial charge in [0, 0.05) is 17.5 Å². The van der Waals surface area contributed by atoms with Gasteiger partial charge < -0.3 is 5.11 Å². The van der Waals surface area contributed by atoms with E-state index in [0.717, 1.165) is 22.6 Å². The third-order valence-corrected chi connectivity index (χ3v) is 4.21. The number of carboxylic acid groups (broad SMARTS) is 1. The number of hydrogen-bond acceptors (Lipinski definition) is 4. The predicted molar refractivity (Wildman–Crippen MR) is 74.9 cm³/mol.